The van der Waals surface area contributed by atoms with E-state index in [0.29, 0.717) is 11.6 Å². The summed E-state index contributed by atoms with van der Waals surface area (Å²) < 4.78 is 0. The number of hydrogen-bond acceptors (Lipinski definition) is 4. The van der Waals surface area contributed by atoms with E-state index in [1.807, 2.05) is 0 Å². The van der Waals surface area contributed by atoms with Crippen LogP contribution < -0.4 is 11.1 Å². The number of nitrogen functional groups attached to an aromatic ring is 1. The minimum absolute atomic E-state index is 0.275. The Morgan fingerprint density at radius 1 is 1.67 bits per heavy atom. The molecule has 0 unspecified atom stereocenters. The van der Waals surface area contributed by atoms with Crippen LogP contribution in [0.2, 0.25) is 0 Å². The average molecular weight is 252 g/mol. The third kappa shape index (κ3) is 3.01. The Balaban J connectivity index is 1.86. The Morgan fingerprint density at radius 3 is 2.89 bits per heavy atom. The highest BCUT2D eigenvalue weighted by Crippen LogP contribution is 2.31. The van der Waals surface area contributed by atoms with Crippen LogP contribution >= 0.6 is 0 Å². The van der Waals surface area contributed by atoms with E-state index in [9.17, 15) is 9.90 Å². The zero-order valence-electron chi connectivity index (χ0n) is 10.6. The van der Waals surface area contributed by atoms with E-state index < -0.39 is 5.60 Å². The molecule has 100 valence electrons. The van der Waals surface area contributed by atoms with Crippen LogP contribution in [-0.2, 0) is 0 Å². The van der Waals surface area contributed by atoms with Crippen LogP contribution in [0.15, 0.2) is 6.07 Å². The lowest BCUT2D eigenvalue weighted by molar-refractivity contribution is -0.00543. The minimum atomic E-state index is -0.770. The molecule has 0 saturated heterocycles. The number of anilines is 1. The average Bonchev–Trinajstić information content (AvgIpc) is 2.77. The molecular weight excluding hydrogens is 232 g/mol. The fraction of sp³-hybridized carbons (Fsp3) is 0.667. The first-order chi connectivity index (χ1) is 8.48. The molecule has 6 heteroatoms. The van der Waals surface area contributed by atoms with Crippen molar-refractivity contribution >= 4 is 11.7 Å². The van der Waals surface area contributed by atoms with Crippen molar-refractivity contribution in [2.24, 2.45) is 5.92 Å². The van der Waals surface area contributed by atoms with Gasteiger partial charge in [0.15, 0.2) is 0 Å². The fourth-order valence-electron chi connectivity index (χ4n) is 2.27. The van der Waals surface area contributed by atoms with Gasteiger partial charge in [-0.15, -0.1) is 0 Å². The number of aliphatic hydroxyl groups is 1. The van der Waals surface area contributed by atoms with Crippen LogP contribution in [0.4, 0.5) is 5.82 Å². The summed E-state index contributed by atoms with van der Waals surface area (Å²) in [5.41, 5.74) is 4.97. The first-order valence-corrected chi connectivity index (χ1v) is 6.30. The number of nitrogens with one attached hydrogen (secondary N) is 2. The van der Waals surface area contributed by atoms with E-state index in [1.165, 1.54) is 6.07 Å². The van der Waals surface area contributed by atoms with Gasteiger partial charge in [-0.2, -0.15) is 5.10 Å². The number of nitrogens with zero attached hydrogens (tertiary/aromatic N) is 1. The fourth-order valence-corrected chi connectivity index (χ4v) is 2.27. The van der Waals surface area contributed by atoms with Crippen LogP contribution in [0.3, 0.4) is 0 Å². The van der Waals surface area contributed by atoms with Crippen molar-refractivity contribution in [3.8, 4) is 0 Å². The van der Waals surface area contributed by atoms with Crippen molar-refractivity contribution in [3.63, 3.8) is 0 Å². The van der Waals surface area contributed by atoms with Gasteiger partial charge in [-0.1, -0.05) is 6.92 Å². The van der Waals surface area contributed by atoms with Gasteiger partial charge in [-0.3, -0.25) is 9.89 Å². The number of aromatic nitrogens is 2. The van der Waals surface area contributed by atoms with E-state index in [-0.39, 0.29) is 18.3 Å². The lowest BCUT2D eigenvalue weighted by Gasteiger charge is -2.34. The summed E-state index contributed by atoms with van der Waals surface area (Å²) in [7, 11) is 0. The number of carbonyl (C=O) groups excluding carboxylic acids is 1. The van der Waals surface area contributed by atoms with Crippen molar-refractivity contribution in [2.45, 2.75) is 38.2 Å². The molecule has 18 heavy (non-hydrogen) atoms. The Hall–Kier alpha value is -1.56. The molecule has 6 nitrogen and oxygen atoms in total. The quantitative estimate of drug-likeness (QED) is 0.634. The second-order valence-electron chi connectivity index (χ2n) is 5.30. The molecule has 1 fully saturated rings. The summed E-state index contributed by atoms with van der Waals surface area (Å²) >= 11 is 0. The third-order valence-electron chi connectivity index (χ3n) is 3.63. The lowest BCUT2D eigenvalue weighted by atomic mass is 9.79. The Kier molecular flexibility index (Phi) is 3.56. The third-order valence-corrected chi connectivity index (χ3v) is 3.63. The van der Waals surface area contributed by atoms with Crippen molar-refractivity contribution < 1.29 is 9.90 Å². The number of H-pyrrole nitrogens is 1. The molecule has 0 bridgehead atoms. The lowest BCUT2D eigenvalue weighted by Crippen LogP contribution is -2.45. The Morgan fingerprint density at radius 2 is 2.33 bits per heavy atom. The molecule has 5 N–H and O–H groups in total. The van der Waals surface area contributed by atoms with Gasteiger partial charge < -0.3 is 16.2 Å². The largest absolute Gasteiger partial charge is 0.388 e. The van der Waals surface area contributed by atoms with Crippen LogP contribution in [0.25, 0.3) is 0 Å². The summed E-state index contributed by atoms with van der Waals surface area (Å²) in [5.74, 6) is 0.657. The smallest absolute Gasteiger partial charge is 0.269 e. The van der Waals surface area contributed by atoms with E-state index in [0.717, 1.165) is 25.7 Å². The molecule has 2 rings (SSSR count). The summed E-state index contributed by atoms with van der Waals surface area (Å²) in [4.78, 5) is 11.8. The van der Waals surface area contributed by atoms with E-state index in [4.69, 9.17) is 5.73 Å². The molecule has 0 radical (unpaired) electrons. The maximum atomic E-state index is 11.8. The number of nitrogens with two attached hydrogens (primary N) is 1. The van der Waals surface area contributed by atoms with Gasteiger partial charge in [0, 0.05) is 12.6 Å². The second kappa shape index (κ2) is 4.97. The normalized spacial score (nSPS) is 28.0. The van der Waals surface area contributed by atoms with E-state index in [2.05, 4.69) is 22.4 Å². The highest BCUT2D eigenvalue weighted by atomic mass is 16.3. The van der Waals surface area contributed by atoms with Crippen LogP contribution in [0.5, 0.6) is 0 Å². The topological polar surface area (TPSA) is 104 Å². The van der Waals surface area contributed by atoms with Gasteiger partial charge in [0.2, 0.25) is 0 Å². The van der Waals surface area contributed by atoms with Gasteiger partial charge in [0.25, 0.3) is 5.91 Å². The van der Waals surface area contributed by atoms with E-state index >= 15 is 0 Å². The predicted molar refractivity (Wildman–Crippen MR) is 67.9 cm³/mol. The first kappa shape index (κ1) is 12.9. The van der Waals surface area contributed by atoms with Crippen molar-refractivity contribution in [3.05, 3.63) is 11.8 Å². The zero-order valence-corrected chi connectivity index (χ0v) is 10.6. The molecule has 0 aromatic carbocycles. The molecule has 0 spiro atoms. The number of carbonyl (C=O) groups is 1. The van der Waals surface area contributed by atoms with Gasteiger partial charge >= 0.3 is 0 Å². The van der Waals surface area contributed by atoms with Gasteiger partial charge in [-0.05, 0) is 31.6 Å². The molecule has 1 aromatic rings. The number of aromatic amines is 1. The molecule has 1 aromatic heterocycles. The summed E-state index contributed by atoms with van der Waals surface area (Å²) in [6.07, 6.45) is 3.48. The predicted octanol–water partition coefficient (Wildman–Crippen LogP) is 0.663. The van der Waals surface area contributed by atoms with Crippen molar-refractivity contribution in [1.29, 1.82) is 0 Å². The molecule has 1 aliphatic rings. The number of amides is 1. The maximum absolute atomic E-state index is 11.8. The van der Waals surface area contributed by atoms with Crippen molar-refractivity contribution in [2.75, 3.05) is 12.3 Å². The second-order valence-corrected chi connectivity index (χ2v) is 5.30. The summed E-state index contributed by atoms with van der Waals surface area (Å²) in [6.45, 7) is 2.46. The number of rotatable bonds is 3. The number of hydrogen-bond donors (Lipinski definition) is 4. The first-order valence-electron chi connectivity index (χ1n) is 6.30. The van der Waals surface area contributed by atoms with Crippen molar-refractivity contribution in [1.82, 2.24) is 15.5 Å². The molecular formula is C12H20N4O2. The van der Waals surface area contributed by atoms with Gasteiger partial charge in [0.1, 0.15) is 11.5 Å². The monoisotopic (exact) mass is 252 g/mol. The van der Waals surface area contributed by atoms with Crippen LogP contribution in [0.1, 0.15) is 43.1 Å². The van der Waals surface area contributed by atoms with Crippen LogP contribution in [0, 0.1) is 5.92 Å². The minimum Gasteiger partial charge on any atom is -0.388 e. The molecule has 1 heterocycles. The summed E-state index contributed by atoms with van der Waals surface area (Å²) in [6, 6.07) is 1.47. The van der Waals surface area contributed by atoms with Gasteiger partial charge in [0.05, 0.1) is 5.60 Å². The molecule has 1 saturated carbocycles. The molecule has 0 aliphatic heterocycles. The van der Waals surface area contributed by atoms with Gasteiger partial charge in [-0.25, -0.2) is 0 Å². The highest BCUT2D eigenvalue weighted by Gasteiger charge is 2.32. The zero-order chi connectivity index (χ0) is 13.2. The Labute approximate surface area is 106 Å². The van der Waals surface area contributed by atoms with E-state index in [1.54, 1.807) is 0 Å². The van der Waals surface area contributed by atoms with Crippen LogP contribution in [-0.4, -0.2) is 33.4 Å². The highest BCUT2D eigenvalue weighted by molar-refractivity contribution is 5.92. The molecule has 1 aliphatic carbocycles. The standard InChI is InChI=1S/C12H20N4O2/c1-8-2-4-12(18,5-3-8)7-14-11(17)9-6-10(13)16-15-9/h6,8,18H,2-5,7H2,1H3,(H,14,17)(H3,13,15,16). The maximum Gasteiger partial charge on any atom is 0.269 e. The Bertz CT molecular complexity index is 421. The molecule has 0 atom stereocenters. The molecule has 1 amide bonds. The summed E-state index contributed by atoms with van der Waals surface area (Å²) in [5, 5.41) is 19.3. The SMILES string of the molecule is CC1CCC(O)(CNC(=O)c2cc(N)n[nH]2)CC1.